The summed E-state index contributed by atoms with van der Waals surface area (Å²) in [7, 11) is 6.03. The van der Waals surface area contributed by atoms with Crippen LogP contribution >= 0.6 is 0 Å². The molecule has 0 N–H and O–H groups in total. The highest BCUT2D eigenvalue weighted by Gasteiger charge is 2.21. The number of nitrogens with zero attached hydrogens (tertiary/aromatic N) is 2. The Labute approximate surface area is 157 Å². The van der Waals surface area contributed by atoms with Gasteiger partial charge in [0.05, 0.1) is 5.39 Å². The zero-order chi connectivity index (χ0) is 18.7. The van der Waals surface area contributed by atoms with Crippen LogP contribution in [0.25, 0.3) is 32.9 Å². The molecule has 0 radical (unpaired) electrons. The van der Waals surface area contributed by atoms with Crippen molar-refractivity contribution in [2.75, 3.05) is 30.9 Å². The lowest BCUT2D eigenvalue weighted by molar-refractivity contribution is 0.569. The second-order valence-corrected chi connectivity index (χ2v) is 7.39. The third-order valence-electron chi connectivity index (χ3n) is 5.45. The maximum Gasteiger partial charge on any atom is 0.344 e. The van der Waals surface area contributed by atoms with Crippen molar-refractivity contribution >= 4 is 33.1 Å². The van der Waals surface area contributed by atoms with Crippen molar-refractivity contribution < 1.29 is 4.42 Å². The molecule has 134 valence electrons. The van der Waals surface area contributed by atoms with Crippen LogP contribution in [0.2, 0.25) is 0 Å². The molecule has 27 heavy (non-hydrogen) atoms. The van der Waals surface area contributed by atoms with Crippen molar-refractivity contribution in [3.63, 3.8) is 0 Å². The maximum absolute atomic E-state index is 12.7. The molecule has 0 unspecified atom stereocenters. The van der Waals surface area contributed by atoms with Gasteiger partial charge in [0, 0.05) is 61.5 Å². The van der Waals surface area contributed by atoms with Crippen LogP contribution in [-0.2, 0) is 6.54 Å². The Morgan fingerprint density at radius 2 is 1.74 bits per heavy atom. The quantitative estimate of drug-likeness (QED) is 0.368. The molecule has 5 rings (SSSR count). The van der Waals surface area contributed by atoms with Crippen molar-refractivity contribution in [1.29, 1.82) is 0 Å². The number of para-hydroxylation sites is 1. The van der Waals surface area contributed by atoms with Crippen LogP contribution in [0, 0.1) is 0 Å². The van der Waals surface area contributed by atoms with Crippen LogP contribution in [0.3, 0.4) is 0 Å². The van der Waals surface area contributed by atoms with Crippen molar-refractivity contribution in [3.05, 3.63) is 70.6 Å². The van der Waals surface area contributed by atoms with E-state index in [2.05, 4.69) is 48.3 Å². The first-order valence-corrected chi connectivity index (χ1v) is 9.04. The molecule has 1 aliphatic rings. The molecule has 0 fully saturated rings. The fourth-order valence-corrected chi connectivity index (χ4v) is 4.04. The van der Waals surface area contributed by atoms with Gasteiger partial charge in [-0.05, 0) is 41.5 Å². The van der Waals surface area contributed by atoms with Crippen molar-refractivity contribution in [1.82, 2.24) is 0 Å². The molecule has 0 saturated carbocycles. The lowest BCUT2D eigenvalue weighted by Crippen LogP contribution is -2.21. The molecule has 4 heteroatoms. The van der Waals surface area contributed by atoms with Gasteiger partial charge >= 0.3 is 5.63 Å². The van der Waals surface area contributed by atoms with Crippen molar-refractivity contribution in [2.45, 2.75) is 6.54 Å². The molecule has 0 saturated heterocycles. The van der Waals surface area contributed by atoms with Gasteiger partial charge in [0.15, 0.2) is 0 Å². The standard InChI is InChI=1S/C23H20N2O2/c1-24(2)15-8-9-17-19-12-18-14(10-20(19)23(26)27-22(17)11-15)13-25(3)21-7-5-4-6-16(18)21/h4-12H,13H2,1-3H3. The number of hydrogen-bond acceptors (Lipinski definition) is 4. The summed E-state index contributed by atoms with van der Waals surface area (Å²) in [6, 6.07) is 18.6. The molecule has 1 aromatic heterocycles. The topological polar surface area (TPSA) is 36.7 Å². The number of fused-ring (bicyclic) bond motifs is 6. The van der Waals surface area contributed by atoms with Gasteiger partial charge in [0.25, 0.3) is 0 Å². The molecule has 2 heterocycles. The smallest absolute Gasteiger partial charge is 0.344 e. The first-order valence-electron chi connectivity index (χ1n) is 9.04. The van der Waals surface area contributed by atoms with Gasteiger partial charge in [-0.2, -0.15) is 0 Å². The lowest BCUT2D eigenvalue weighted by atomic mass is 9.90. The van der Waals surface area contributed by atoms with E-state index in [1.807, 2.05) is 37.2 Å². The predicted molar refractivity (Wildman–Crippen MR) is 112 cm³/mol. The van der Waals surface area contributed by atoms with Gasteiger partial charge < -0.3 is 14.2 Å². The van der Waals surface area contributed by atoms with Crippen molar-refractivity contribution in [2.24, 2.45) is 0 Å². The van der Waals surface area contributed by atoms with E-state index >= 15 is 0 Å². The summed E-state index contributed by atoms with van der Waals surface area (Å²) in [5.41, 5.74) is 6.12. The maximum atomic E-state index is 12.7. The molecule has 4 aromatic rings. The Hall–Kier alpha value is -3.27. The third-order valence-corrected chi connectivity index (χ3v) is 5.45. The zero-order valence-corrected chi connectivity index (χ0v) is 15.6. The number of anilines is 2. The van der Waals surface area contributed by atoms with E-state index < -0.39 is 0 Å². The minimum absolute atomic E-state index is 0.280. The number of hydrogen-bond donors (Lipinski definition) is 0. The second-order valence-electron chi connectivity index (χ2n) is 7.39. The number of rotatable bonds is 1. The molecular weight excluding hydrogens is 336 g/mol. The highest BCUT2D eigenvalue weighted by Crippen LogP contribution is 2.40. The fourth-order valence-electron chi connectivity index (χ4n) is 4.04. The van der Waals surface area contributed by atoms with E-state index in [1.165, 1.54) is 16.8 Å². The Balaban J connectivity index is 1.87. The third kappa shape index (κ3) is 2.33. The second kappa shape index (κ2) is 5.61. The van der Waals surface area contributed by atoms with Gasteiger partial charge in [-0.1, -0.05) is 18.2 Å². The van der Waals surface area contributed by atoms with E-state index in [0.717, 1.165) is 28.6 Å². The highest BCUT2D eigenvalue weighted by molar-refractivity contribution is 6.07. The minimum atomic E-state index is -0.280. The largest absolute Gasteiger partial charge is 0.422 e. The van der Waals surface area contributed by atoms with Crippen LogP contribution in [0.15, 0.2) is 63.8 Å². The van der Waals surface area contributed by atoms with E-state index in [4.69, 9.17) is 4.42 Å². The summed E-state index contributed by atoms with van der Waals surface area (Å²) in [5, 5.41) is 2.56. The molecule has 4 nitrogen and oxygen atoms in total. The van der Waals surface area contributed by atoms with Crippen LogP contribution < -0.4 is 15.4 Å². The monoisotopic (exact) mass is 356 g/mol. The first kappa shape index (κ1) is 15.9. The average molecular weight is 356 g/mol. The summed E-state index contributed by atoms with van der Waals surface area (Å²) in [4.78, 5) is 16.9. The minimum Gasteiger partial charge on any atom is -0.422 e. The van der Waals surface area contributed by atoms with E-state index in [1.54, 1.807) is 0 Å². The lowest BCUT2D eigenvalue weighted by Gasteiger charge is -2.30. The highest BCUT2D eigenvalue weighted by atomic mass is 16.4. The van der Waals surface area contributed by atoms with Crippen LogP contribution in [-0.4, -0.2) is 21.1 Å². The summed E-state index contributed by atoms with van der Waals surface area (Å²) >= 11 is 0. The Bertz CT molecular complexity index is 1270. The molecule has 0 amide bonds. The van der Waals surface area contributed by atoms with Gasteiger partial charge in [-0.3, -0.25) is 0 Å². The van der Waals surface area contributed by atoms with Crippen LogP contribution in [0.5, 0.6) is 0 Å². The molecule has 3 aromatic carbocycles. The van der Waals surface area contributed by atoms with Crippen LogP contribution in [0.4, 0.5) is 11.4 Å². The number of benzene rings is 3. The summed E-state index contributed by atoms with van der Waals surface area (Å²) in [6.07, 6.45) is 0. The molecule has 0 bridgehead atoms. The van der Waals surface area contributed by atoms with E-state index in [-0.39, 0.29) is 5.63 Å². The normalized spacial score (nSPS) is 12.9. The Morgan fingerprint density at radius 1 is 0.926 bits per heavy atom. The SMILES string of the molecule is CN(C)c1ccc2c(c1)oc(=O)c1cc3c(cc12)-c1ccccc1N(C)C3. The van der Waals surface area contributed by atoms with E-state index in [0.29, 0.717) is 11.0 Å². The Morgan fingerprint density at radius 3 is 2.56 bits per heavy atom. The average Bonchev–Trinajstić information content (AvgIpc) is 2.67. The molecular formula is C23H20N2O2. The summed E-state index contributed by atoms with van der Waals surface area (Å²) in [6.45, 7) is 0.777. The predicted octanol–water partition coefficient (Wildman–Crippen LogP) is 4.63. The van der Waals surface area contributed by atoms with Gasteiger partial charge in [-0.25, -0.2) is 4.79 Å². The summed E-state index contributed by atoms with van der Waals surface area (Å²) in [5.74, 6) is 0. The molecule has 0 atom stereocenters. The van der Waals surface area contributed by atoms with Gasteiger partial charge in [0.1, 0.15) is 5.58 Å². The molecule has 1 aliphatic heterocycles. The fraction of sp³-hybridized carbons (Fsp3) is 0.174. The zero-order valence-electron chi connectivity index (χ0n) is 15.6. The summed E-state index contributed by atoms with van der Waals surface area (Å²) < 4.78 is 5.66. The molecule has 0 aliphatic carbocycles. The first-order chi connectivity index (χ1) is 13.0. The van der Waals surface area contributed by atoms with Crippen LogP contribution in [0.1, 0.15) is 5.56 Å². The van der Waals surface area contributed by atoms with E-state index in [9.17, 15) is 4.79 Å². The van der Waals surface area contributed by atoms with Gasteiger partial charge in [-0.15, -0.1) is 0 Å². The van der Waals surface area contributed by atoms with Crippen molar-refractivity contribution in [3.8, 4) is 11.1 Å². The Kier molecular flexibility index (Phi) is 3.31. The van der Waals surface area contributed by atoms with Gasteiger partial charge in [0.2, 0.25) is 0 Å². The molecule has 0 spiro atoms.